The van der Waals surface area contributed by atoms with Gasteiger partial charge in [0.05, 0.1) is 7.11 Å². The van der Waals surface area contributed by atoms with Crippen molar-refractivity contribution in [3.8, 4) is 5.88 Å². The minimum absolute atomic E-state index is 0.478. The number of aromatic nitrogens is 1. The average Bonchev–Trinajstić information content (AvgIpc) is 2.16. The van der Waals surface area contributed by atoms with Crippen molar-refractivity contribution in [2.75, 3.05) is 26.1 Å². The number of hydrogen-bond acceptors (Lipinski definition) is 3. The van der Waals surface area contributed by atoms with Crippen LogP contribution in [0.15, 0.2) is 12.1 Å². The summed E-state index contributed by atoms with van der Waals surface area (Å²) in [5.74, 6) is 2.13. The predicted octanol–water partition coefficient (Wildman–Crippen LogP) is 2.28. The molecule has 0 saturated heterocycles. The van der Waals surface area contributed by atoms with E-state index in [4.69, 9.17) is 4.74 Å². The van der Waals surface area contributed by atoms with Gasteiger partial charge in [-0.15, -0.1) is 0 Å². The summed E-state index contributed by atoms with van der Waals surface area (Å²) < 4.78 is 5.10. The fraction of sp³-hybridized carbons (Fsp3) is 0.545. The summed E-state index contributed by atoms with van der Waals surface area (Å²) in [6, 6.07) is 3.98. The fourth-order valence-electron chi connectivity index (χ4n) is 1.36. The topological polar surface area (TPSA) is 25.4 Å². The molecule has 1 aromatic rings. The number of methoxy groups -OCH3 is 1. The standard InChI is InChI=1S/C11H18N2O/c1-8(2)9-6-7-10(14-5)12-11(9)13(3)4/h6-8H,1-5H3. The van der Waals surface area contributed by atoms with E-state index >= 15 is 0 Å². The molecule has 0 aliphatic rings. The molecule has 78 valence electrons. The third kappa shape index (κ3) is 2.16. The first kappa shape index (κ1) is 10.8. The van der Waals surface area contributed by atoms with Gasteiger partial charge in [0, 0.05) is 20.2 Å². The molecule has 0 fully saturated rings. The van der Waals surface area contributed by atoms with Crippen LogP contribution in [0.25, 0.3) is 0 Å². The average molecular weight is 194 g/mol. The summed E-state index contributed by atoms with van der Waals surface area (Å²) in [6.07, 6.45) is 0. The van der Waals surface area contributed by atoms with Crippen LogP contribution in [0.1, 0.15) is 25.3 Å². The second-order valence-corrected chi connectivity index (χ2v) is 3.82. The van der Waals surface area contributed by atoms with Gasteiger partial charge in [0.15, 0.2) is 0 Å². The first-order valence-corrected chi connectivity index (χ1v) is 4.78. The van der Waals surface area contributed by atoms with Crippen LogP contribution in [0.2, 0.25) is 0 Å². The highest BCUT2D eigenvalue weighted by Gasteiger charge is 2.10. The maximum absolute atomic E-state index is 5.10. The van der Waals surface area contributed by atoms with Crippen LogP contribution in [0.4, 0.5) is 5.82 Å². The zero-order chi connectivity index (χ0) is 10.7. The molecule has 0 atom stereocenters. The van der Waals surface area contributed by atoms with E-state index in [-0.39, 0.29) is 0 Å². The zero-order valence-electron chi connectivity index (χ0n) is 9.53. The molecule has 3 nitrogen and oxygen atoms in total. The summed E-state index contributed by atoms with van der Waals surface area (Å²) >= 11 is 0. The maximum Gasteiger partial charge on any atom is 0.214 e. The second-order valence-electron chi connectivity index (χ2n) is 3.82. The second kappa shape index (κ2) is 4.31. The molecular formula is C11H18N2O. The Labute approximate surface area is 85.7 Å². The first-order valence-electron chi connectivity index (χ1n) is 4.78. The zero-order valence-corrected chi connectivity index (χ0v) is 9.53. The highest BCUT2D eigenvalue weighted by atomic mass is 16.5. The van der Waals surface area contributed by atoms with Crippen molar-refractivity contribution in [3.05, 3.63) is 17.7 Å². The third-order valence-corrected chi connectivity index (χ3v) is 2.13. The van der Waals surface area contributed by atoms with Crippen LogP contribution in [-0.2, 0) is 0 Å². The Morgan fingerprint density at radius 2 is 1.93 bits per heavy atom. The Morgan fingerprint density at radius 1 is 1.29 bits per heavy atom. The highest BCUT2D eigenvalue weighted by molar-refractivity contribution is 5.49. The van der Waals surface area contributed by atoms with Crippen LogP contribution < -0.4 is 9.64 Å². The Kier molecular flexibility index (Phi) is 3.33. The van der Waals surface area contributed by atoms with Gasteiger partial charge in [-0.25, -0.2) is 0 Å². The molecule has 14 heavy (non-hydrogen) atoms. The Hall–Kier alpha value is -1.25. The van der Waals surface area contributed by atoms with Crippen LogP contribution in [-0.4, -0.2) is 26.2 Å². The molecule has 0 N–H and O–H groups in total. The first-order chi connectivity index (χ1) is 6.56. The van der Waals surface area contributed by atoms with E-state index in [2.05, 4.69) is 24.9 Å². The lowest BCUT2D eigenvalue weighted by Gasteiger charge is -2.18. The van der Waals surface area contributed by atoms with Crippen molar-refractivity contribution in [2.24, 2.45) is 0 Å². The van der Waals surface area contributed by atoms with Gasteiger partial charge in [-0.05, 0) is 17.5 Å². The largest absolute Gasteiger partial charge is 0.481 e. The summed E-state index contributed by atoms with van der Waals surface area (Å²) in [5.41, 5.74) is 1.25. The minimum atomic E-state index is 0.478. The molecule has 0 aliphatic carbocycles. The maximum atomic E-state index is 5.10. The Balaban J connectivity index is 3.17. The molecule has 0 bridgehead atoms. The van der Waals surface area contributed by atoms with E-state index in [0.29, 0.717) is 11.8 Å². The number of hydrogen-bond donors (Lipinski definition) is 0. The number of anilines is 1. The van der Waals surface area contributed by atoms with Gasteiger partial charge in [-0.3, -0.25) is 0 Å². The van der Waals surface area contributed by atoms with Gasteiger partial charge in [0.1, 0.15) is 5.82 Å². The van der Waals surface area contributed by atoms with Gasteiger partial charge in [0.2, 0.25) is 5.88 Å². The van der Waals surface area contributed by atoms with Gasteiger partial charge >= 0.3 is 0 Å². The number of ether oxygens (including phenoxy) is 1. The van der Waals surface area contributed by atoms with Crippen molar-refractivity contribution in [1.29, 1.82) is 0 Å². The number of pyridine rings is 1. The van der Waals surface area contributed by atoms with E-state index in [9.17, 15) is 0 Å². The van der Waals surface area contributed by atoms with Gasteiger partial charge in [-0.2, -0.15) is 4.98 Å². The molecule has 0 aliphatic heterocycles. The Bertz CT molecular complexity index is 308. The van der Waals surface area contributed by atoms with Crippen molar-refractivity contribution in [1.82, 2.24) is 4.98 Å². The molecule has 1 heterocycles. The van der Waals surface area contributed by atoms with Crippen LogP contribution >= 0.6 is 0 Å². The van der Waals surface area contributed by atoms with E-state index < -0.39 is 0 Å². The van der Waals surface area contributed by atoms with Crippen molar-refractivity contribution in [2.45, 2.75) is 19.8 Å². The van der Waals surface area contributed by atoms with Gasteiger partial charge in [-0.1, -0.05) is 13.8 Å². The van der Waals surface area contributed by atoms with Crippen LogP contribution in [0.3, 0.4) is 0 Å². The Morgan fingerprint density at radius 3 is 2.36 bits per heavy atom. The van der Waals surface area contributed by atoms with Crippen molar-refractivity contribution >= 4 is 5.82 Å². The summed E-state index contributed by atoms with van der Waals surface area (Å²) in [7, 11) is 5.62. The third-order valence-electron chi connectivity index (χ3n) is 2.13. The lowest BCUT2D eigenvalue weighted by Crippen LogP contribution is -2.14. The van der Waals surface area contributed by atoms with Crippen molar-refractivity contribution in [3.63, 3.8) is 0 Å². The molecule has 1 rings (SSSR count). The molecule has 3 heteroatoms. The molecule has 0 amide bonds. The van der Waals surface area contributed by atoms with E-state index in [1.54, 1.807) is 7.11 Å². The molecule has 0 saturated carbocycles. The monoisotopic (exact) mass is 194 g/mol. The molecule has 0 spiro atoms. The van der Waals surface area contributed by atoms with Crippen molar-refractivity contribution < 1.29 is 4.74 Å². The fourth-order valence-corrected chi connectivity index (χ4v) is 1.36. The lowest BCUT2D eigenvalue weighted by atomic mass is 10.0. The van der Waals surface area contributed by atoms with E-state index in [1.165, 1.54) is 5.56 Å². The summed E-state index contributed by atoms with van der Waals surface area (Å²) in [6.45, 7) is 4.33. The van der Waals surface area contributed by atoms with E-state index in [1.807, 2.05) is 25.1 Å². The van der Waals surface area contributed by atoms with E-state index in [0.717, 1.165) is 5.82 Å². The molecule has 0 radical (unpaired) electrons. The normalized spacial score (nSPS) is 10.4. The van der Waals surface area contributed by atoms with Gasteiger partial charge in [0.25, 0.3) is 0 Å². The minimum Gasteiger partial charge on any atom is -0.481 e. The van der Waals surface area contributed by atoms with Crippen LogP contribution in [0.5, 0.6) is 5.88 Å². The SMILES string of the molecule is COc1ccc(C(C)C)c(N(C)C)n1. The molecular weight excluding hydrogens is 176 g/mol. The lowest BCUT2D eigenvalue weighted by molar-refractivity contribution is 0.397. The molecule has 0 aromatic carbocycles. The predicted molar refractivity (Wildman–Crippen MR) is 59.2 cm³/mol. The quantitative estimate of drug-likeness (QED) is 0.738. The molecule has 1 aromatic heterocycles. The smallest absolute Gasteiger partial charge is 0.214 e. The summed E-state index contributed by atoms with van der Waals surface area (Å²) in [4.78, 5) is 6.43. The van der Waals surface area contributed by atoms with Crippen LogP contribution in [0, 0.1) is 0 Å². The molecule has 0 unspecified atom stereocenters. The number of rotatable bonds is 3. The van der Waals surface area contributed by atoms with Gasteiger partial charge < -0.3 is 9.64 Å². The highest BCUT2D eigenvalue weighted by Crippen LogP contribution is 2.26. The number of nitrogens with zero attached hydrogens (tertiary/aromatic N) is 2. The summed E-state index contributed by atoms with van der Waals surface area (Å²) in [5, 5.41) is 0.